The predicted molar refractivity (Wildman–Crippen MR) is 64.7 cm³/mol. The number of alkyl halides is 1. The third-order valence-corrected chi connectivity index (χ3v) is 2.64. The highest BCUT2D eigenvalue weighted by Gasteiger charge is 2.13. The van der Waals surface area contributed by atoms with Crippen molar-refractivity contribution >= 4 is 23.2 Å². The quantitative estimate of drug-likeness (QED) is 0.427. The Bertz CT molecular complexity index is 387. The van der Waals surface area contributed by atoms with Crippen LogP contribution in [0, 0.1) is 5.82 Å². The van der Waals surface area contributed by atoms with Gasteiger partial charge in [-0.15, -0.1) is 11.6 Å². The first-order valence-electron chi connectivity index (χ1n) is 5.50. The van der Waals surface area contributed by atoms with Crippen molar-refractivity contribution in [3.05, 3.63) is 35.6 Å². The molecule has 92 valence electrons. The van der Waals surface area contributed by atoms with E-state index < -0.39 is 5.78 Å². The lowest BCUT2D eigenvalue weighted by Crippen LogP contribution is -2.16. The second-order valence-electron chi connectivity index (χ2n) is 3.80. The number of hydrogen-bond acceptors (Lipinski definition) is 2. The fourth-order valence-corrected chi connectivity index (χ4v) is 1.59. The van der Waals surface area contributed by atoms with Gasteiger partial charge in [-0.25, -0.2) is 4.39 Å². The summed E-state index contributed by atoms with van der Waals surface area (Å²) in [6, 6.07) is 5.58. The highest BCUT2D eigenvalue weighted by atomic mass is 35.5. The first-order valence-corrected chi connectivity index (χ1v) is 6.03. The summed E-state index contributed by atoms with van der Waals surface area (Å²) >= 11 is 5.48. The summed E-state index contributed by atoms with van der Waals surface area (Å²) in [5.41, 5.74) is 0.655. The standard InChI is InChI=1S/C13H14ClFO2/c14-8-2-1-3-12(16)13(17)9-10-4-6-11(15)7-5-10/h4-7H,1-3,8-9H2. The molecule has 0 heterocycles. The topological polar surface area (TPSA) is 34.1 Å². The number of hydrogen-bond donors (Lipinski definition) is 0. The fourth-order valence-electron chi connectivity index (χ4n) is 1.41. The van der Waals surface area contributed by atoms with E-state index in [4.69, 9.17) is 11.6 Å². The van der Waals surface area contributed by atoms with Crippen LogP contribution in [0.2, 0.25) is 0 Å². The molecule has 4 heteroatoms. The maximum Gasteiger partial charge on any atom is 0.202 e. The van der Waals surface area contributed by atoms with Crippen LogP contribution in [0.25, 0.3) is 0 Å². The van der Waals surface area contributed by atoms with Crippen molar-refractivity contribution in [1.29, 1.82) is 0 Å². The van der Waals surface area contributed by atoms with E-state index in [9.17, 15) is 14.0 Å². The van der Waals surface area contributed by atoms with Gasteiger partial charge in [-0.3, -0.25) is 9.59 Å². The van der Waals surface area contributed by atoms with E-state index in [1.54, 1.807) is 0 Å². The van der Waals surface area contributed by atoms with Crippen LogP contribution in [0.3, 0.4) is 0 Å². The number of carbonyl (C=O) groups is 2. The number of benzene rings is 1. The van der Waals surface area contributed by atoms with Crippen molar-refractivity contribution in [1.82, 2.24) is 0 Å². The van der Waals surface area contributed by atoms with Crippen molar-refractivity contribution in [2.45, 2.75) is 25.7 Å². The summed E-state index contributed by atoms with van der Waals surface area (Å²) in [6.45, 7) is 0. The number of ketones is 2. The van der Waals surface area contributed by atoms with Crippen LogP contribution in [0.5, 0.6) is 0 Å². The Morgan fingerprint density at radius 2 is 1.71 bits per heavy atom. The van der Waals surface area contributed by atoms with Crippen molar-refractivity contribution in [3.63, 3.8) is 0 Å². The van der Waals surface area contributed by atoms with Gasteiger partial charge in [0.1, 0.15) is 5.82 Å². The molecule has 0 aliphatic heterocycles. The number of halogens is 2. The van der Waals surface area contributed by atoms with Gasteiger partial charge in [-0.2, -0.15) is 0 Å². The summed E-state index contributed by atoms with van der Waals surface area (Å²) in [5.74, 6) is -0.653. The fraction of sp³-hybridized carbons (Fsp3) is 0.385. The van der Waals surface area contributed by atoms with Gasteiger partial charge in [0.15, 0.2) is 5.78 Å². The SMILES string of the molecule is O=C(CCCCCl)C(=O)Cc1ccc(F)cc1. The van der Waals surface area contributed by atoms with Crippen LogP contribution in [0.1, 0.15) is 24.8 Å². The van der Waals surface area contributed by atoms with Gasteiger partial charge in [0.2, 0.25) is 5.78 Å². The summed E-state index contributed by atoms with van der Waals surface area (Å²) in [4.78, 5) is 22.9. The summed E-state index contributed by atoms with van der Waals surface area (Å²) in [5, 5.41) is 0. The predicted octanol–water partition coefficient (Wildman–Crippen LogP) is 2.92. The lowest BCUT2D eigenvalue weighted by atomic mass is 10.0. The molecule has 0 bridgehead atoms. The molecular formula is C13H14ClFO2. The molecule has 0 N–H and O–H groups in total. The molecule has 1 aromatic carbocycles. The number of Topliss-reactive ketones (excluding diaryl/α,β-unsaturated/α-hetero) is 2. The zero-order valence-corrected chi connectivity index (χ0v) is 10.2. The molecule has 0 aromatic heterocycles. The van der Waals surface area contributed by atoms with Crippen molar-refractivity contribution in [2.24, 2.45) is 0 Å². The number of unbranched alkanes of at least 4 members (excludes halogenated alkanes) is 1. The van der Waals surface area contributed by atoms with Crippen LogP contribution < -0.4 is 0 Å². The van der Waals surface area contributed by atoms with Gasteiger partial charge < -0.3 is 0 Å². The smallest absolute Gasteiger partial charge is 0.202 e. The maximum atomic E-state index is 12.6. The molecule has 0 amide bonds. The first kappa shape index (κ1) is 13.8. The number of rotatable bonds is 7. The lowest BCUT2D eigenvalue weighted by Gasteiger charge is -2.00. The Hall–Kier alpha value is -1.22. The van der Waals surface area contributed by atoms with Gasteiger partial charge in [0, 0.05) is 18.7 Å². The zero-order valence-electron chi connectivity index (χ0n) is 9.42. The normalized spacial score (nSPS) is 10.2. The van der Waals surface area contributed by atoms with E-state index in [0.717, 1.165) is 6.42 Å². The molecule has 0 aliphatic rings. The molecule has 0 radical (unpaired) electrons. The van der Waals surface area contributed by atoms with E-state index in [0.29, 0.717) is 17.9 Å². The van der Waals surface area contributed by atoms with E-state index in [2.05, 4.69) is 0 Å². The Kier molecular flexibility index (Phi) is 5.84. The van der Waals surface area contributed by atoms with Crippen molar-refractivity contribution in [3.8, 4) is 0 Å². The molecule has 17 heavy (non-hydrogen) atoms. The zero-order chi connectivity index (χ0) is 12.7. The molecule has 0 saturated heterocycles. The average Bonchev–Trinajstić information content (AvgIpc) is 2.32. The second kappa shape index (κ2) is 7.17. The molecule has 0 atom stereocenters. The monoisotopic (exact) mass is 256 g/mol. The van der Waals surface area contributed by atoms with Gasteiger partial charge in [0.05, 0.1) is 0 Å². The Morgan fingerprint density at radius 3 is 2.29 bits per heavy atom. The molecule has 2 nitrogen and oxygen atoms in total. The minimum atomic E-state index is -0.425. The average molecular weight is 257 g/mol. The summed E-state index contributed by atoms with van der Waals surface area (Å²) in [6.07, 6.45) is 1.65. The molecule has 1 aromatic rings. The highest BCUT2D eigenvalue weighted by Crippen LogP contribution is 2.06. The van der Waals surface area contributed by atoms with Crippen LogP contribution in [0.4, 0.5) is 4.39 Å². The molecule has 0 unspecified atom stereocenters. The van der Waals surface area contributed by atoms with Gasteiger partial charge >= 0.3 is 0 Å². The van der Waals surface area contributed by atoms with Gasteiger partial charge in [-0.05, 0) is 30.5 Å². The molecule has 0 aliphatic carbocycles. The van der Waals surface area contributed by atoms with E-state index in [1.165, 1.54) is 24.3 Å². The third kappa shape index (κ3) is 5.09. The largest absolute Gasteiger partial charge is 0.291 e. The Balaban J connectivity index is 2.43. The Labute approximate surface area is 105 Å². The molecule has 0 spiro atoms. The maximum absolute atomic E-state index is 12.6. The van der Waals surface area contributed by atoms with Crippen LogP contribution >= 0.6 is 11.6 Å². The first-order chi connectivity index (χ1) is 8.13. The molecule has 0 fully saturated rings. The van der Waals surface area contributed by atoms with Crippen LogP contribution in [-0.4, -0.2) is 17.4 Å². The van der Waals surface area contributed by atoms with Crippen LogP contribution in [0.15, 0.2) is 24.3 Å². The molecular weight excluding hydrogens is 243 g/mol. The minimum Gasteiger partial charge on any atom is -0.291 e. The third-order valence-electron chi connectivity index (χ3n) is 2.38. The molecule has 0 saturated carbocycles. The Morgan fingerprint density at radius 1 is 1.06 bits per heavy atom. The van der Waals surface area contributed by atoms with E-state index in [-0.39, 0.29) is 24.4 Å². The van der Waals surface area contributed by atoms with Gasteiger partial charge in [0.25, 0.3) is 0 Å². The van der Waals surface area contributed by atoms with Crippen molar-refractivity contribution < 1.29 is 14.0 Å². The summed E-state index contributed by atoms with van der Waals surface area (Å²) in [7, 11) is 0. The van der Waals surface area contributed by atoms with Crippen LogP contribution in [-0.2, 0) is 16.0 Å². The van der Waals surface area contributed by atoms with E-state index in [1.807, 2.05) is 0 Å². The minimum absolute atomic E-state index is 0.0417. The van der Waals surface area contributed by atoms with E-state index >= 15 is 0 Å². The summed E-state index contributed by atoms with van der Waals surface area (Å²) < 4.78 is 12.6. The number of carbonyl (C=O) groups excluding carboxylic acids is 2. The highest BCUT2D eigenvalue weighted by molar-refractivity contribution is 6.37. The van der Waals surface area contributed by atoms with Crippen molar-refractivity contribution in [2.75, 3.05) is 5.88 Å². The second-order valence-corrected chi connectivity index (χ2v) is 4.17. The molecule has 1 rings (SSSR count). The lowest BCUT2D eigenvalue weighted by molar-refractivity contribution is -0.136. The van der Waals surface area contributed by atoms with Gasteiger partial charge in [-0.1, -0.05) is 12.1 Å².